The minimum absolute atomic E-state index is 0.197. The molecule has 1 atom stereocenters. The van der Waals surface area contributed by atoms with Gasteiger partial charge in [-0.2, -0.15) is 0 Å². The molecule has 0 saturated carbocycles. The van der Waals surface area contributed by atoms with Crippen molar-refractivity contribution in [2.45, 2.75) is 24.8 Å². The third-order valence-corrected chi connectivity index (χ3v) is 4.70. The van der Waals surface area contributed by atoms with Crippen molar-refractivity contribution in [1.82, 2.24) is 4.72 Å². The van der Waals surface area contributed by atoms with Gasteiger partial charge in [0, 0.05) is 11.7 Å². The van der Waals surface area contributed by atoms with Gasteiger partial charge in [0.25, 0.3) is 0 Å². The lowest BCUT2D eigenvalue weighted by molar-refractivity contribution is 0.544. The van der Waals surface area contributed by atoms with E-state index in [4.69, 9.17) is 5.73 Å². The largest absolute Gasteiger partial charge is 0.399 e. The number of anilines is 1. The Hall–Kier alpha value is -1.92. The molecule has 0 saturated heterocycles. The molecule has 4 nitrogen and oxygen atoms in total. The fraction of sp³-hybridized carbons (Fsp3) is 0.200. The van der Waals surface area contributed by atoms with E-state index in [0.29, 0.717) is 0 Å². The van der Waals surface area contributed by atoms with Crippen LogP contribution in [0.15, 0.2) is 47.4 Å². The lowest BCUT2D eigenvalue weighted by atomic mass is 10.1. The minimum Gasteiger partial charge on any atom is -0.399 e. The summed E-state index contributed by atoms with van der Waals surface area (Å²) in [5.41, 5.74) is 6.81. The summed E-state index contributed by atoms with van der Waals surface area (Å²) < 4.78 is 41.2. The fourth-order valence-electron chi connectivity index (χ4n) is 2.07. The van der Waals surface area contributed by atoms with Crippen molar-refractivity contribution in [3.63, 3.8) is 0 Å². The molecule has 2 aromatic carbocycles. The highest BCUT2D eigenvalue weighted by molar-refractivity contribution is 7.89. The molecule has 0 heterocycles. The SMILES string of the molecule is Cc1cc(N)cc(S(=O)(=O)N[C@@H](C)c2ccccc2)c1F. The predicted molar refractivity (Wildman–Crippen MR) is 80.7 cm³/mol. The second-order valence-corrected chi connectivity index (χ2v) is 6.59. The van der Waals surface area contributed by atoms with Gasteiger partial charge in [-0.3, -0.25) is 0 Å². The molecule has 0 fully saturated rings. The molecule has 112 valence electrons. The van der Waals surface area contributed by atoms with Crippen LogP contribution in [-0.4, -0.2) is 8.42 Å². The number of nitrogens with two attached hydrogens (primary N) is 1. The number of hydrogen-bond donors (Lipinski definition) is 2. The molecule has 6 heteroatoms. The Bertz CT molecular complexity index is 746. The first-order chi connectivity index (χ1) is 9.81. The van der Waals surface area contributed by atoms with Gasteiger partial charge < -0.3 is 5.73 Å². The molecule has 0 aliphatic heterocycles. The Labute approximate surface area is 123 Å². The third-order valence-electron chi connectivity index (χ3n) is 3.16. The van der Waals surface area contributed by atoms with Crippen molar-refractivity contribution in [3.05, 3.63) is 59.4 Å². The van der Waals surface area contributed by atoms with Gasteiger partial charge in [0.1, 0.15) is 10.7 Å². The van der Waals surface area contributed by atoms with Crippen LogP contribution in [0.5, 0.6) is 0 Å². The summed E-state index contributed by atoms with van der Waals surface area (Å²) >= 11 is 0. The number of sulfonamides is 1. The highest BCUT2D eigenvalue weighted by atomic mass is 32.2. The van der Waals surface area contributed by atoms with E-state index >= 15 is 0 Å². The van der Waals surface area contributed by atoms with Gasteiger partial charge in [-0.05, 0) is 37.1 Å². The van der Waals surface area contributed by atoms with Crippen LogP contribution in [0, 0.1) is 12.7 Å². The Morgan fingerprint density at radius 1 is 1.19 bits per heavy atom. The molecule has 0 amide bonds. The van der Waals surface area contributed by atoms with E-state index in [1.54, 1.807) is 19.1 Å². The van der Waals surface area contributed by atoms with Crippen molar-refractivity contribution < 1.29 is 12.8 Å². The van der Waals surface area contributed by atoms with E-state index in [9.17, 15) is 12.8 Å². The van der Waals surface area contributed by atoms with Crippen molar-refractivity contribution in [2.75, 3.05) is 5.73 Å². The monoisotopic (exact) mass is 308 g/mol. The molecule has 0 aliphatic carbocycles. The first kappa shape index (κ1) is 15.5. The number of nitrogen functional groups attached to an aromatic ring is 1. The fourth-order valence-corrected chi connectivity index (χ4v) is 3.48. The zero-order chi connectivity index (χ0) is 15.6. The molecule has 0 spiro atoms. The number of aryl methyl sites for hydroxylation is 1. The second kappa shape index (κ2) is 5.83. The van der Waals surface area contributed by atoms with E-state index in [0.717, 1.165) is 11.6 Å². The summed E-state index contributed by atoms with van der Waals surface area (Å²) in [6.45, 7) is 3.18. The zero-order valence-corrected chi connectivity index (χ0v) is 12.6. The van der Waals surface area contributed by atoms with Gasteiger partial charge in [-0.25, -0.2) is 17.5 Å². The van der Waals surface area contributed by atoms with Crippen LogP contribution in [0.1, 0.15) is 24.1 Å². The number of benzene rings is 2. The van der Waals surface area contributed by atoms with Crippen LogP contribution < -0.4 is 10.5 Å². The van der Waals surface area contributed by atoms with Crippen LogP contribution in [0.2, 0.25) is 0 Å². The molecule has 0 radical (unpaired) electrons. The molecular weight excluding hydrogens is 291 g/mol. The van der Waals surface area contributed by atoms with Gasteiger partial charge in [0.15, 0.2) is 0 Å². The number of nitrogens with one attached hydrogen (secondary N) is 1. The quantitative estimate of drug-likeness (QED) is 0.853. The van der Waals surface area contributed by atoms with Gasteiger partial charge in [0.05, 0.1) is 0 Å². The molecule has 0 aliphatic rings. The second-order valence-electron chi connectivity index (χ2n) is 4.90. The number of rotatable bonds is 4. The van der Waals surface area contributed by atoms with E-state index < -0.39 is 26.8 Å². The van der Waals surface area contributed by atoms with E-state index in [-0.39, 0.29) is 11.3 Å². The third kappa shape index (κ3) is 3.40. The lowest BCUT2D eigenvalue weighted by Crippen LogP contribution is -2.28. The summed E-state index contributed by atoms with van der Waals surface area (Å²) in [5.74, 6) is -0.781. The maximum atomic E-state index is 14.1. The molecule has 21 heavy (non-hydrogen) atoms. The first-order valence-electron chi connectivity index (χ1n) is 6.44. The topological polar surface area (TPSA) is 72.2 Å². The highest BCUT2D eigenvalue weighted by Gasteiger charge is 2.23. The molecule has 3 N–H and O–H groups in total. The molecule has 2 rings (SSSR count). The Balaban J connectivity index is 2.35. The Morgan fingerprint density at radius 2 is 1.81 bits per heavy atom. The van der Waals surface area contributed by atoms with Crippen LogP contribution in [0.4, 0.5) is 10.1 Å². The van der Waals surface area contributed by atoms with Gasteiger partial charge in [-0.1, -0.05) is 30.3 Å². The molecule has 0 aromatic heterocycles. The molecule has 0 unspecified atom stereocenters. The van der Waals surface area contributed by atoms with Crippen LogP contribution >= 0.6 is 0 Å². The normalized spacial score (nSPS) is 13.1. The molecular formula is C15H17FN2O2S. The lowest BCUT2D eigenvalue weighted by Gasteiger charge is -2.16. The van der Waals surface area contributed by atoms with Gasteiger partial charge in [-0.15, -0.1) is 0 Å². The summed E-state index contributed by atoms with van der Waals surface area (Å²) in [6, 6.07) is 11.1. The highest BCUT2D eigenvalue weighted by Crippen LogP contribution is 2.23. The molecule has 2 aromatic rings. The predicted octanol–water partition coefficient (Wildman–Crippen LogP) is 2.76. The Kier molecular flexibility index (Phi) is 4.29. The van der Waals surface area contributed by atoms with Crippen molar-refractivity contribution in [1.29, 1.82) is 0 Å². The summed E-state index contributed by atoms with van der Waals surface area (Å²) in [4.78, 5) is -0.428. The molecule has 0 bridgehead atoms. The minimum atomic E-state index is -3.99. The zero-order valence-electron chi connectivity index (χ0n) is 11.8. The smallest absolute Gasteiger partial charge is 0.244 e. The first-order valence-corrected chi connectivity index (χ1v) is 7.92. The summed E-state index contributed by atoms with van der Waals surface area (Å²) in [5, 5.41) is 0. The van der Waals surface area contributed by atoms with Crippen LogP contribution in [0.3, 0.4) is 0 Å². The van der Waals surface area contributed by atoms with E-state index in [1.807, 2.05) is 18.2 Å². The van der Waals surface area contributed by atoms with Gasteiger partial charge >= 0.3 is 0 Å². The Morgan fingerprint density at radius 3 is 2.43 bits per heavy atom. The van der Waals surface area contributed by atoms with Crippen molar-refractivity contribution >= 4 is 15.7 Å². The van der Waals surface area contributed by atoms with E-state index in [1.165, 1.54) is 13.0 Å². The van der Waals surface area contributed by atoms with Crippen molar-refractivity contribution in [2.24, 2.45) is 0 Å². The average Bonchev–Trinajstić information content (AvgIpc) is 2.43. The standard InChI is InChI=1S/C15H17FN2O2S/c1-10-8-13(17)9-14(15(10)16)21(19,20)18-11(2)12-6-4-3-5-7-12/h3-9,11,18H,17H2,1-2H3/t11-/m0/s1. The van der Waals surface area contributed by atoms with Crippen LogP contribution in [0.25, 0.3) is 0 Å². The summed E-state index contributed by atoms with van der Waals surface area (Å²) in [7, 11) is -3.99. The van der Waals surface area contributed by atoms with Crippen molar-refractivity contribution in [3.8, 4) is 0 Å². The summed E-state index contributed by atoms with van der Waals surface area (Å²) in [6.07, 6.45) is 0. The van der Waals surface area contributed by atoms with E-state index in [2.05, 4.69) is 4.72 Å². The maximum absolute atomic E-state index is 14.1. The number of halogens is 1. The average molecular weight is 308 g/mol. The maximum Gasteiger partial charge on any atom is 0.244 e. The van der Waals surface area contributed by atoms with Crippen LogP contribution in [-0.2, 0) is 10.0 Å². The van der Waals surface area contributed by atoms with Gasteiger partial charge in [0.2, 0.25) is 10.0 Å². The number of hydrogen-bond acceptors (Lipinski definition) is 3.